The minimum Gasteiger partial charge on any atom is -0.344 e. The molecule has 4 nitrogen and oxygen atoms in total. The molecule has 3 rings (SSSR count). The number of hydrogen-bond acceptors (Lipinski definition) is 3. The number of aromatic nitrogens is 2. The SMILES string of the molecule is C=O.CCCNC.Cc1ccc(-c2ccnc3[nH]c(C)cc23)cc1. The van der Waals surface area contributed by atoms with Crippen molar-refractivity contribution in [3.63, 3.8) is 0 Å². The van der Waals surface area contributed by atoms with Crippen molar-refractivity contribution >= 4 is 17.8 Å². The molecule has 2 N–H and O–H groups in total. The van der Waals surface area contributed by atoms with E-state index < -0.39 is 0 Å². The van der Waals surface area contributed by atoms with Crippen molar-refractivity contribution in [1.29, 1.82) is 0 Å². The molecule has 0 bridgehead atoms. The van der Waals surface area contributed by atoms with Crippen molar-refractivity contribution in [1.82, 2.24) is 15.3 Å². The van der Waals surface area contributed by atoms with Crippen molar-refractivity contribution in [3.8, 4) is 11.1 Å². The van der Waals surface area contributed by atoms with Crippen LogP contribution in [0, 0.1) is 13.8 Å². The molecule has 4 heteroatoms. The third-order valence-electron chi connectivity index (χ3n) is 3.53. The summed E-state index contributed by atoms with van der Waals surface area (Å²) >= 11 is 0. The minimum absolute atomic E-state index is 0.959. The summed E-state index contributed by atoms with van der Waals surface area (Å²) in [5, 5.41) is 4.21. The van der Waals surface area contributed by atoms with E-state index in [1.165, 1.54) is 28.5 Å². The fourth-order valence-corrected chi connectivity index (χ4v) is 2.39. The molecule has 0 spiro atoms. The molecule has 2 aromatic heterocycles. The lowest BCUT2D eigenvalue weighted by atomic mass is 10.0. The lowest BCUT2D eigenvalue weighted by molar-refractivity contribution is -0.0979. The molecule has 0 aliphatic rings. The standard InChI is InChI=1S/C15H14N2.C4H11N.CH2O/c1-10-3-5-12(6-4-10)13-7-8-16-15-14(13)9-11(2)17-15;1-3-4-5-2;1-2/h3-9H,1-2H3,(H,16,17);5H,3-4H2,1-2H3;1H2. The predicted octanol–water partition coefficient (Wildman–Crippen LogP) is 4.28. The fourth-order valence-electron chi connectivity index (χ4n) is 2.39. The third-order valence-corrected chi connectivity index (χ3v) is 3.53. The van der Waals surface area contributed by atoms with Crippen LogP contribution in [0.5, 0.6) is 0 Å². The number of nitrogens with one attached hydrogen (secondary N) is 2. The van der Waals surface area contributed by atoms with Crippen LogP contribution < -0.4 is 5.32 Å². The van der Waals surface area contributed by atoms with Crippen molar-refractivity contribution in [3.05, 3.63) is 53.9 Å². The van der Waals surface area contributed by atoms with Crippen LogP contribution in [0.4, 0.5) is 0 Å². The van der Waals surface area contributed by atoms with Gasteiger partial charge in [0.05, 0.1) is 0 Å². The normalized spacial score (nSPS) is 9.67. The first-order chi connectivity index (χ1) is 11.7. The highest BCUT2D eigenvalue weighted by molar-refractivity contribution is 5.93. The van der Waals surface area contributed by atoms with Gasteiger partial charge < -0.3 is 15.1 Å². The zero-order valence-electron chi connectivity index (χ0n) is 15.0. The van der Waals surface area contributed by atoms with E-state index in [2.05, 4.69) is 72.5 Å². The lowest BCUT2D eigenvalue weighted by Gasteiger charge is -2.03. The molecule has 0 saturated carbocycles. The summed E-state index contributed by atoms with van der Waals surface area (Å²) < 4.78 is 0. The highest BCUT2D eigenvalue weighted by Crippen LogP contribution is 2.27. The number of benzene rings is 1. The number of hydrogen-bond donors (Lipinski definition) is 2. The second-order valence-electron chi connectivity index (χ2n) is 5.54. The molecule has 0 saturated heterocycles. The molecule has 24 heavy (non-hydrogen) atoms. The van der Waals surface area contributed by atoms with Gasteiger partial charge in [-0.3, -0.25) is 0 Å². The first kappa shape index (κ1) is 19.6. The number of aryl methyl sites for hydroxylation is 2. The summed E-state index contributed by atoms with van der Waals surface area (Å²) in [5.74, 6) is 0. The summed E-state index contributed by atoms with van der Waals surface area (Å²) in [6.45, 7) is 9.45. The van der Waals surface area contributed by atoms with Gasteiger partial charge in [-0.2, -0.15) is 0 Å². The number of carbonyl (C=O) groups is 1. The Morgan fingerprint density at radius 1 is 1.12 bits per heavy atom. The molecule has 0 unspecified atom stereocenters. The van der Waals surface area contributed by atoms with Gasteiger partial charge in [0.15, 0.2) is 0 Å². The fraction of sp³-hybridized carbons (Fsp3) is 0.300. The first-order valence-electron chi connectivity index (χ1n) is 8.10. The quantitative estimate of drug-likeness (QED) is 0.756. The molecular formula is C20H27N3O. The van der Waals surface area contributed by atoms with E-state index in [1.54, 1.807) is 0 Å². The lowest BCUT2D eigenvalue weighted by Crippen LogP contribution is -2.04. The van der Waals surface area contributed by atoms with Crippen LogP contribution in [-0.4, -0.2) is 30.3 Å². The van der Waals surface area contributed by atoms with Crippen molar-refractivity contribution in [2.75, 3.05) is 13.6 Å². The number of H-pyrrole nitrogens is 1. The van der Waals surface area contributed by atoms with Gasteiger partial charge in [0.2, 0.25) is 0 Å². The first-order valence-corrected chi connectivity index (χ1v) is 8.10. The van der Waals surface area contributed by atoms with Gasteiger partial charge in [0.1, 0.15) is 12.4 Å². The summed E-state index contributed by atoms with van der Waals surface area (Å²) in [4.78, 5) is 15.6. The maximum absolute atomic E-state index is 8.00. The molecule has 128 valence electrons. The zero-order valence-corrected chi connectivity index (χ0v) is 15.0. The number of carbonyl (C=O) groups excluding carboxylic acids is 1. The van der Waals surface area contributed by atoms with Crippen molar-refractivity contribution in [2.24, 2.45) is 0 Å². The van der Waals surface area contributed by atoms with Crippen molar-refractivity contribution in [2.45, 2.75) is 27.2 Å². The van der Waals surface area contributed by atoms with Gasteiger partial charge in [-0.1, -0.05) is 36.8 Å². The van der Waals surface area contributed by atoms with Gasteiger partial charge in [0, 0.05) is 17.3 Å². The highest BCUT2D eigenvalue weighted by Gasteiger charge is 2.06. The minimum atomic E-state index is 0.959. The summed E-state index contributed by atoms with van der Waals surface area (Å²) in [6.07, 6.45) is 3.09. The molecule has 0 radical (unpaired) electrons. The molecule has 0 atom stereocenters. The molecule has 0 fully saturated rings. The van der Waals surface area contributed by atoms with Crippen molar-refractivity contribution < 1.29 is 4.79 Å². The molecule has 2 heterocycles. The second-order valence-corrected chi connectivity index (χ2v) is 5.54. The van der Waals surface area contributed by atoms with E-state index in [0.29, 0.717) is 0 Å². The zero-order chi connectivity index (χ0) is 17.9. The molecule has 3 aromatic rings. The second kappa shape index (κ2) is 10.3. The number of nitrogens with zero attached hydrogens (tertiary/aromatic N) is 1. The number of aromatic amines is 1. The van der Waals surface area contributed by atoms with E-state index in [9.17, 15) is 0 Å². The van der Waals surface area contributed by atoms with E-state index in [0.717, 1.165) is 17.9 Å². The van der Waals surface area contributed by atoms with Crippen LogP contribution >= 0.6 is 0 Å². The number of pyridine rings is 1. The van der Waals surface area contributed by atoms with Crippen LogP contribution in [0.15, 0.2) is 42.6 Å². The largest absolute Gasteiger partial charge is 0.344 e. The van der Waals surface area contributed by atoms with Gasteiger partial charge >= 0.3 is 0 Å². The average Bonchev–Trinajstić information content (AvgIpc) is 2.99. The monoisotopic (exact) mass is 325 g/mol. The van der Waals surface area contributed by atoms with E-state index in [-0.39, 0.29) is 0 Å². The Morgan fingerprint density at radius 2 is 1.79 bits per heavy atom. The topological polar surface area (TPSA) is 57.8 Å². The highest BCUT2D eigenvalue weighted by atomic mass is 16.1. The maximum Gasteiger partial charge on any atom is 0.138 e. The van der Waals surface area contributed by atoms with Crippen LogP contribution in [0.25, 0.3) is 22.2 Å². The summed E-state index contributed by atoms with van der Waals surface area (Å²) in [5.41, 5.74) is 5.86. The van der Waals surface area contributed by atoms with Crippen LogP contribution in [-0.2, 0) is 4.79 Å². The molecule has 1 aromatic carbocycles. The van der Waals surface area contributed by atoms with Crippen LogP contribution in [0.2, 0.25) is 0 Å². The average molecular weight is 325 g/mol. The van der Waals surface area contributed by atoms with Gasteiger partial charge in [-0.25, -0.2) is 4.98 Å². The van der Waals surface area contributed by atoms with Gasteiger partial charge in [-0.05, 0) is 57.1 Å². The van der Waals surface area contributed by atoms with Gasteiger partial charge in [-0.15, -0.1) is 0 Å². The Kier molecular flexibility index (Phi) is 8.44. The third kappa shape index (κ3) is 5.32. The number of rotatable bonds is 3. The Morgan fingerprint density at radius 3 is 2.33 bits per heavy atom. The molecular weight excluding hydrogens is 298 g/mol. The van der Waals surface area contributed by atoms with Crippen LogP contribution in [0.3, 0.4) is 0 Å². The predicted molar refractivity (Wildman–Crippen MR) is 102 cm³/mol. The Hall–Kier alpha value is -2.46. The summed E-state index contributed by atoms with van der Waals surface area (Å²) in [6, 6.07) is 12.8. The smallest absolute Gasteiger partial charge is 0.138 e. The van der Waals surface area contributed by atoms with E-state index in [1.807, 2.05) is 20.0 Å². The Bertz CT molecular complexity index is 730. The van der Waals surface area contributed by atoms with Gasteiger partial charge in [0.25, 0.3) is 0 Å². The molecule has 0 aliphatic heterocycles. The Labute approximate surface area is 144 Å². The maximum atomic E-state index is 8.00. The Balaban J connectivity index is 0.000000356. The number of fused-ring (bicyclic) bond motifs is 1. The van der Waals surface area contributed by atoms with E-state index >= 15 is 0 Å². The molecule has 0 amide bonds. The summed E-state index contributed by atoms with van der Waals surface area (Å²) in [7, 11) is 1.96. The molecule has 0 aliphatic carbocycles. The van der Waals surface area contributed by atoms with E-state index in [4.69, 9.17) is 4.79 Å². The van der Waals surface area contributed by atoms with Crippen LogP contribution in [0.1, 0.15) is 24.6 Å².